The predicted molar refractivity (Wildman–Crippen MR) is 108 cm³/mol. The van der Waals surface area contributed by atoms with Gasteiger partial charge in [0.2, 0.25) is 5.43 Å². The first-order valence-corrected chi connectivity index (χ1v) is 10.1. The van der Waals surface area contributed by atoms with Crippen molar-refractivity contribution in [2.24, 2.45) is 5.92 Å². The third-order valence-corrected chi connectivity index (χ3v) is 4.71. The van der Waals surface area contributed by atoms with Crippen LogP contribution < -0.4 is 16.1 Å². The molecule has 0 bridgehead atoms. The largest absolute Gasteiger partial charge is 0.352 e. The summed E-state index contributed by atoms with van der Waals surface area (Å²) in [6, 6.07) is 1.89. The molecule has 146 valence electrons. The predicted octanol–water partition coefficient (Wildman–Crippen LogP) is 2.68. The molecular formula is C20H27N3O3S. The molecule has 0 saturated carbocycles. The van der Waals surface area contributed by atoms with E-state index in [0.29, 0.717) is 25.4 Å². The maximum Gasteiger partial charge on any atom is 0.256 e. The van der Waals surface area contributed by atoms with Gasteiger partial charge in [0.1, 0.15) is 11.1 Å². The summed E-state index contributed by atoms with van der Waals surface area (Å²) in [6.45, 7) is 8.77. The van der Waals surface area contributed by atoms with E-state index in [4.69, 9.17) is 0 Å². The van der Waals surface area contributed by atoms with E-state index in [1.54, 1.807) is 22.8 Å². The zero-order valence-electron chi connectivity index (χ0n) is 16.2. The van der Waals surface area contributed by atoms with E-state index < -0.39 is 17.2 Å². The molecular weight excluding hydrogens is 362 g/mol. The molecule has 0 radical (unpaired) electrons. The molecule has 0 saturated heterocycles. The minimum Gasteiger partial charge on any atom is -0.352 e. The second-order valence-electron chi connectivity index (χ2n) is 7.07. The molecule has 2 heterocycles. The molecule has 1 unspecified atom stereocenters. The van der Waals surface area contributed by atoms with Crippen LogP contribution in [0.2, 0.25) is 0 Å². The van der Waals surface area contributed by atoms with Gasteiger partial charge in [-0.25, -0.2) is 0 Å². The zero-order chi connectivity index (χ0) is 20.0. The molecule has 2 N–H and O–H groups in total. The van der Waals surface area contributed by atoms with Gasteiger partial charge >= 0.3 is 0 Å². The van der Waals surface area contributed by atoms with Gasteiger partial charge in [-0.1, -0.05) is 13.8 Å². The molecule has 2 aromatic rings. The Balaban J connectivity index is 2.29. The molecule has 2 amide bonds. The second-order valence-corrected chi connectivity index (χ2v) is 7.86. The lowest BCUT2D eigenvalue weighted by Crippen LogP contribution is -2.39. The maximum absolute atomic E-state index is 12.7. The fraction of sp³-hybridized carbons (Fsp3) is 0.450. The molecule has 0 fully saturated rings. The number of nitrogens with zero attached hydrogens (tertiary/aromatic N) is 1. The van der Waals surface area contributed by atoms with E-state index in [1.807, 2.05) is 37.6 Å². The van der Waals surface area contributed by atoms with Gasteiger partial charge in [0.15, 0.2) is 0 Å². The molecule has 0 aliphatic rings. The number of pyridine rings is 1. The topological polar surface area (TPSA) is 80.2 Å². The summed E-state index contributed by atoms with van der Waals surface area (Å²) in [7, 11) is 0. The van der Waals surface area contributed by atoms with Crippen LogP contribution in [-0.4, -0.2) is 29.0 Å². The Morgan fingerprint density at radius 1 is 1.15 bits per heavy atom. The molecule has 2 rings (SSSR count). The molecule has 7 heteroatoms. The van der Waals surface area contributed by atoms with E-state index in [0.717, 1.165) is 5.56 Å². The smallest absolute Gasteiger partial charge is 0.256 e. The number of amides is 2. The van der Waals surface area contributed by atoms with Crippen molar-refractivity contribution in [2.75, 3.05) is 6.54 Å². The molecule has 0 aliphatic heterocycles. The van der Waals surface area contributed by atoms with Crippen molar-refractivity contribution in [1.29, 1.82) is 0 Å². The molecule has 2 aromatic heterocycles. The van der Waals surface area contributed by atoms with Gasteiger partial charge in [0.25, 0.3) is 11.8 Å². The van der Waals surface area contributed by atoms with Crippen LogP contribution in [0.5, 0.6) is 0 Å². The van der Waals surface area contributed by atoms with Crippen molar-refractivity contribution in [1.82, 2.24) is 15.2 Å². The fourth-order valence-corrected chi connectivity index (χ4v) is 3.53. The average Bonchev–Trinajstić information content (AvgIpc) is 3.08. The molecule has 0 spiro atoms. The summed E-state index contributed by atoms with van der Waals surface area (Å²) in [4.78, 5) is 37.7. The first kappa shape index (κ1) is 20.9. The van der Waals surface area contributed by atoms with Crippen molar-refractivity contribution in [3.8, 4) is 0 Å². The van der Waals surface area contributed by atoms with Crippen LogP contribution in [0, 0.1) is 5.92 Å². The van der Waals surface area contributed by atoms with E-state index >= 15 is 0 Å². The number of hydrogen-bond acceptors (Lipinski definition) is 4. The molecule has 0 aromatic carbocycles. The Hall–Kier alpha value is -2.41. The van der Waals surface area contributed by atoms with Gasteiger partial charge in [0, 0.05) is 31.5 Å². The van der Waals surface area contributed by atoms with Gasteiger partial charge in [-0.15, -0.1) is 0 Å². The minimum absolute atomic E-state index is 0.00317. The van der Waals surface area contributed by atoms with E-state index in [9.17, 15) is 14.4 Å². The Morgan fingerprint density at radius 3 is 2.37 bits per heavy atom. The number of hydrogen-bond donors (Lipinski definition) is 2. The number of rotatable bonds is 8. The summed E-state index contributed by atoms with van der Waals surface area (Å²) in [6.07, 6.45) is 3.75. The lowest BCUT2D eigenvalue weighted by Gasteiger charge is -2.16. The highest BCUT2D eigenvalue weighted by Gasteiger charge is 2.20. The number of carbonyl (C=O) groups excluding carboxylic acids is 2. The van der Waals surface area contributed by atoms with Crippen molar-refractivity contribution in [2.45, 2.75) is 46.7 Å². The van der Waals surface area contributed by atoms with E-state index in [-0.39, 0.29) is 17.2 Å². The molecule has 0 aliphatic carbocycles. The zero-order valence-corrected chi connectivity index (χ0v) is 17.1. The standard InChI is InChI=1S/C20H27N3O3S/c1-5-21-19(25)16-10-23(9-13(2)3)11-17(18(16)24)20(26)22-14(4)8-15-6-7-27-12-15/h6-7,10-14H,5,8-9H2,1-4H3,(H,21,25)(H,22,26). The van der Waals surface area contributed by atoms with Crippen LogP contribution in [-0.2, 0) is 13.0 Å². The van der Waals surface area contributed by atoms with Crippen molar-refractivity contribution in [3.63, 3.8) is 0 Å². The lowest BCUT2D eigenvalue weighted by atomic mass is 10.1. The van der Waals surface area contributed by atoms with Gasteiger partial charge in [-0.05, 0) is 48.6 Å². The fourth-order valence-electron chi connectivity index (χ4n) is 2.85. The summed E-state index contributed by atoms with van der Waals surface area (Å²) < 4.78 is 1.75. The van der Waals surface area contributed by atoms with E-state index in [1.165, 1.54) is 12.4 Å². The van der Waals surface area contributed by atoms with Gasteiger partial charge in [-0.2, -0.15) is 11.3 Å². The summed E-state index contributed by atoms with van der Waals surface area (Å²) in [5, 5.41) is 9.54. The first-order chi connectivity index (χ1) is 12.8. The van der Waals surface area contributed by atoms with Crippen molar-refractivity contribution >= 4 is 23.2 Å². The van der Waals surface area contributed by atoms with Crippen LogP contribution in [0.4, 0.5) is 0 Å². The van der Waals surface area contributed by atoms with Gasteiger partial charge in [0.05, 0.1) is 0 Å². The Bertz CT molecular complexity index is 841. The monoisotopic (exact) mass is 389 g/mol. The van der Waals surface area contributed by atoms with Gasteiger partial charge < -0.3 is 15.2 Å². The molecule has 1 atom stereocenters. The van der Waals surface area contributed by atoms with E-state index in [2.05, 4.69) is 10.6 Å². The van der Waals surface area contributed by atoms with Crippen LogP contribution >= 0.6 is 11.3 Å². The van der Waals surface area contributed by atoms with Crippen LogP contribution in [0.15, 0.2) is 34.0 Å². The first-order valence-electron chi connectivity index (χ1n) is 9.16. The Kier molecular flexibility index (Phi) is 7.36. The summed E-state index contributed by atoms with van der Waals surface area (Å²) in [5.41, 5.74) is 0.592. The van der Waals surface area contributed by atoms with Crippen LogP contribution in [0.25, 0.3) is 0 Å². The van der Waals surface area contributed by atoms with Gasteiger partial charge in [-0.3, -0.25) is 14.4 Å². The number of aromatic nitrogens is 1. The van der Waals surface area contributed by atoms with Crippen molar-refractivity contribution < 1.29 is 9.59 Å². The maximum atomic E-state index is 12.7. The van der Waals surface area contributed by atoms with Crippen LogP contribution in [0.3, 0.4) is 0 Å². The summed E-state index contributed by atoms with van der Waals surface area (Å²) >= 11 is 1.61. The highest BCUT2D eigenvalue weighted by atomic mass is 32.1. The van der Waals surface area contributed by atoms with Crippen molar-refractivity contribution in [3.05, 3.63) is 56.1 Å². The lowest BCUT2D eigenvalue weighted by molar-refractivity contribution is 0.0938. The third kappa shape index (κ3) is 5.79. The molecule has 6 nitrogen and oxygen atoms in total. The quantitative estimate of drug-likeness (QED) is 0.728. The Labute approximate surface area is 163 Å². The molecule has 27 heavy (non-hydrogen) atoms. The average molecular weight is 390 g/mol. The highest BCUT2D eigenvalue weighted by Crippen LogP contribution is 2.09. The number of thiophene rings is 1. The number of nitrogens with one attached hydrogen (secondary N) is 2. The van der Waals surface area contributed by atoms with Crippen LogP contribution in [0.1, 0.15) is 54.0 Å². The Morgan fingerprint density at radius 2 is 1.81 bits per heavy atom. The summed E-state index contributed by atoms with van der Waals surface area (Å²) in [5.74, 6) is -0.602. The SMILES string of the molecule is CCNC(=O)c1cn(CC(C)C)cc(C(=O)NC(C)Cc2ccsc2)c1=O. The third-order valence-electron chi connectivity index (χ3n) is 3.98. The number of carbonyl (C=O) groups is 2. The minimum atomic E-state index is -0.541. The highest BCUT2D eigenvalue weighted by molar-refractivity contribution is 7.07. The normalized spacial score (nSPS) is 12.0. The second kappa shape index (κ2) is 9.50.